The molecule has 0 saturated heterocycles. The van der Waals surface area contributed by atoms with E-state index < -0.39 is 18.5 Å². The van der Waals surface area contributed by atoms with E-state index in [1.54, 1.807) is 32.0 Å². The Morgan fingerprint density at radius 2 is 2.22 bits per heavy atom. The third-order valence-electron chi connectivity index (χ3n) is 3.15. The molecule has 122 valence electrons. The largest absolute Gasteiger partial charge is 0.452 e. The minimum atomic E-state index is -0.758. The van der Waals surface area contributed by atoms with Crippen LogP contribution >= 0.6 is 11.6 Å². The molecule has 0 aliphatic carbocycles. The molecular formula is C15H16ClN3O4. The molecule has 1 amide bonds. The standard InChI is InChI=1S/C15H16ClN3O4/c1-8(10-4-3-5-11(16)6-10)18-12(20)7-22-15(21)13-9(2)19-23-14(13)17/h3-6,8H,7,17H2,1-2H3,(H,18,20)/t8-/m0/s1. The number of nitrogens with two attached hydrogens (primary N) is 1. The number of amides is 1. The number of nitrogen functional groups attached to an aromatic ring is 1. The molecule has 1 heterocycles. The molecule has 7 nitrogen and oxygen atoms in total. The predicted octanol–water partition coefficient (Wildman–Crippen LogP) is 2.25. The van der Waals surface area contributed by atoms with E-state index >= 15 is 0 Å². The number of anilines is 1. The maximum Gasteiger partial charge on any atom is 0.346 e. The molecule has 2 rings (SSSR count). The van der Waals surface area contributed by atoms with Crippen LogP contribution in [0.4, 0.5) is 5.88 Å². The fraction of sp³-hybridized carbons (Fsp3) is 0.267. The van der Waals surface area contributed by atoms with Gasteiger partial charge in [-0.3, -0.25) is 4.79 Å². The van der Waals surface area contributed by atoms with Crippen molar-refractivity contribution in [2.45, 2.75) is 19.9 Å². The zero-order valence-electron chi connectivity index (χ0n) is 12.6. The topological polar surface area (TPSA) is 107 Å². The summed E-state index contributed by atoms with van der Waals surface area (Å²) in [5, 5.41) is 6.83. The maximum absolute atomic E-state index is 11.9. The lowest BCUT2D eigenvalue weighted by atomic mass is 10.1. The molecule has 3 N–H and O–H groups in total. The van der Waals surface area contributed by atoms with Crippen LogP contribution in [0.1, 0.15) is 34.6 Å². The van der Waals surface area contributed by atoms with Gasteiger partial charge in [-0.25, -0.2) is 4.79 Å². The van der Waals surface area contributed by atoms with Crippen molar-refractivity contribution in [3.05, 3.63) is 46.1 Å². The Kier molecular flexibility index (Phi) is 5.23. The van der Waals surface area contributed by atoms with Crippen molar-refractivity contribution in [2.75, 3.05) is 12.3 Å². The maximum atomic E-state index is 11.9. The smallest absolute Gasteiger partial charge is 0.346 e. The average molecular weight is 338 g/mol. The number of nitrogens with zero attached hydrogens (tertiary/aromatic N) is 1. The number of hydrogen-bond donors (Lipinski definition) is 2. The highest BCUT2D eigenvalue weighted by atomic mass is 35.5. The van der Waals surface area contributed by atoms with Crippen molar-refractivity contribution in [1.82, 2.24) is 10.5 Å². The van der Waals surface area contributed by atoms with E-state index in [4.69, 9.17) is 22.1 Å². The van der Waals surface area contributed by atoms with Crippen LogP contribution in [-0.4, -0.2) is 23.6 Å². The van der Waals surface area contributed by atoms with Crippen molar-refractivity contribution in [1.29, 1.82) is 0 Å². The lowest BCUT2D eigenvalue weighted by molar-refractivity contribution is -0.124. The van der Waals surface area contributed by atoms with Gasteiger partial charge in [-0.05, 0) is 31.5 Å². The van der Waals surface area contributed by atoms with Gasteiger partial charge in [0.2, 0.25) is 5.88 Å². The third-order valence-corrected chi connectivity index (χ3v) is 3.39. The lowest BCUT2D eigenvalue weighted by Gasteiger charge is -2.14. The Labute approximate surface area is 137 Å². The van der Waals surface area contributed by atoms with Crippen molar-refractivity contribution >= 4 is 29.4 Å². The molecule has 0 fully saturated rings. The number of ether oxygens (including phenoxy) is 1. The van der Waals surface area contributed by atoms with Gasteiger partial charge in [-0.1, -0.05) is 28.9 Å². The zero-order chi connectivity index (χ0) is 17.0. The molecular weight excluding hydrogens is 322 g/mol. The van der Waals surface area contributed by atoms with Crippen LogP contribution in [0, 0.1) is 6.92 Å². The van der Waals surface area contributed by atoms with Gasteiger partial charge in [0.25, 0.3) is 5.91 Å². The first-order valence-electron chi connectivity index (χ1n) is 6.82. The second-order valence-electron chi connectivity index (χ2n) is 4.93. The van der Waals surface area contributed by atoms with E-state index in [0.29, 0.717) is 10.7 Å². The quantitative estimate of drug-likeness (QED) is 0.810. The summed E-state index contributed by atoms with van der Waals surface area (Å²) in [6.07, 6.45) is 0. The van der Waals surface area contributed by atoms with Crippen molar-refractivity contribution in [3.63, 3.8) is 0 Å². The van der Waals surface area contributed by atoms with Crippen molar-refractivity contribution in [2.24, 2.45) is 0 Å². The number of benzene rings is 1. The van der Waals surface area contributed by atoms with Gasteiger partial charge in [0.05, 0.1) is 11.7 Å². The van der Waals surface area contributed by atoms with Crippen LogP contribution < -0.4 is 11.1 Å². The normalized spacial score (nSPS) is 11.8. The van der Waals surface area contributed by atoms with E-state index in [0.717, 1.165) is 5.56 Å². The van der Waals surface area contributed by atoms with Gasteiger partial charge >= 0.3 is 5.97 Å². The van der Waals surface area contributed by atoms with Gasteiger partial charge in [-0.15, -0.1) is 0 Å². The Hall–Kier alpha value is -2.54. The van der Waals surface area contributed by atoms with Crippen LogP contribution in [0.3, 0.4) is 0 Å². The highest BCUT2D eigenvalue weighted by Gasteiger charge is 2.21. The highest BCUT2D eigenvalue weighted by molar-refractivity contribution is 6.30. The molecule has 0 aliphatic rings. The molecule has 0 radical (unpaired) electrons. The summed E-state index contributed by atoms with van der Waals surface area (Å²) < 4.78 is 9.58. The zero-order valence-corrected chi connectivity index (χ0v) is 13.4. The van der Waals surface area contributed by atoms with Crippen LogP contribution in [0.2, 0.25) is 5.02 Å². The molecule has 0 bridgehead atoms. The van der Waals surface area contributed by atoms with Crippen molar-refractivity contribution < 1.29 is 18.8 Å². The number of aromatic nitrogens is 1. The van der Waals surface area contributed by atoms with Gasteiger partial charge in [0, 0.05) is 5.02 Å². The molecule has 0 unspecified atom stereocenters. The minimum absolute atomic E-state index is 0.0284. The van der Waals surface area contributed by atoms with Crippen LogP contribution in [-0.2, 0) is 9.53 Å². The number of carbonyl (C=O) groups excluding carboxylic acids is 2. The second-order valence-corrected chi connectivity index (χ2v) is 5.36. The SMILES string of the molecule is Cc1noc(N)c1C(=O)OCC(=O)N[C@@H](C)c1cccc(Cl)c1. The van der Waals surface area contributed by atoms with Crippen molar-refractivity contribution in [3.8, 4) is 0 Å². The third kappa shape index (κ3) is 4.23. The van der Waals surface area contributed by atoms with E-state index in [2.05, 4.69) is 15.0 Å². The average Bonchev–Trinajstić information content (AvgIpc) is 2.84. The molecule has 1 atom stereocenters. The number of halogens is 1. The summed E-state index contributed by atoms with van der Waals surface area (Å²) in [5.74, 6) is -1.34. The molecule has 23 heavy (non-hydrogen) atoms. The number of carbonyl (C=O) groups is 2. The summed E-state index contributed by atoms with van der Waals surface area (Å²) in [6, 6.07) is 6.84. The molecule has 8 heteroatoms. The number of rotatable bonds is 5. The van der Waals surface area contributed by atoms with Crippen LogP contribution in [0.25, 0.3) is 0 Å². The lowest BCUT2D eigenvalue weighted by Crippen LogP contribution is -2.31. The molecule has 0 aliphatic heterocycles. The predicted molar refractivity (Wildman–Crippen MR) is 83.9 cm³/mol. The van der Waals surface area contributed by atoms with Crippen LogP contribution in [0.5, 0.6) is 0 Å². The first-order valence-corrected chi connectivity index (χ1v) is 7.20. The summed E-state index contributed by atoms with van der Waals surface area (Å²) in [5.41, 5.74) is 6.65. The summed E-state index contributed by atoms with van der Waals surface area (Å²) in [7, 11) is 0. The minimum Gasteiger partial charge on any atom is -0.452 e. The van der Waals surface area contributed by atoms with Gasteiger partial charge < -0.3 is 20.3 Å². The number of esters is 1. The van der Waals surface area contributed by atoms with Gasteiger partial charge in [0.15, 0.2) is 6.61 Å². The Morgan fingerprint density at radius 3 is 2.83 bits per heavy atom. The Balaban J connectivity index is 1.89. The number of aryl methyl sites for hydroxylation is 1. The molecule has 1 aromatic carbocycles. The molecule has 0 spiro atoms. The fourth-order valence-corrected chi connectivity index (χ4v) is 2.18. The molecule has 0 saturated carbocycles. The van der Waals surface area contributed by atoms with E-state index in [1.165, 1.54) is 0 Å². The van der Waals surface area contributed by atoms with E-state index in [9.17, 15) is 9.59 Å². The van der Waals surface area contributed by atoms with E-state index in [-0.39, 0.29) is 17.5 Å². The summed E-state index contributed by atoms with van der Waals surface area (Å²) in [6.45, 7) is 2.92. The van der Waals surface area contributed by atoms with Gasteiger partial charge in [0.1, 0.15) is 5.56 Å². The Morgan fingerprint density at radius 1 is 1.48 bits per heavy atom. The highest BCUT2D eigenvalue weighted by Crippen LogP contribution is 2.18. The van der Waals surface area contributed by atoms with Crippen LogP contribution in [0.15, 0.2) is 28.8 Å². The second kappa shape index (κ2) is 7.15. The number of nitrogens with one attached hydrogen (secondary N) is 1. The molecule has 1 aromatic heterocycles. The summed E-state index contributed by atoms with van der Waals surface area (Å²) >= 11 is 5.91. The fourth-order valence-electron chi connectivity index (χ4n) is 1.98. The van der Waals surface area contributed by atoms with Gasteiger partial charge in [-0.2, -0.15) is 0 Å². The Bertz CT molecular complexity index is 710. The number of hydrogen-bond acceptors (Lipinski definition) is 6. The first kappa shape index (κ1) is 16.8. The monoisotopic (exact) mass is 337 g/mol. The van der Waals surface area contributed by atoms with E-state index in [1.807, 2.05) is 6.07 Å². The molecule has 2 aromatic rings. The first-order chi connectivity index (χ1) is 10.9. The summed E-state index contributed by atoms with van der Waals surface area (Å²) in [4.78, 5) is 23.7.